The maximum Gasteiger partial charge on any atom is 0.103 e. The van der Waals surface area contributed by atoms with E-state index in [0.717, 1.165) is 12.8 Å². The summed E-state index contributed by atoms with van der Waals surface area (Å²) in [4.78, 5) is 14.0. The summed E-state index contributed by atoms with van der Waals surface area (Å²) >= 11 is 0. The van der Waals surface area contributed by atoms with Crippen LogP contribution in [0.3, 0.4) is 0 Å². The lowest BCUT2D eigenvalue weighted by molar-refractivity contribution is 0.688. The van der Waals surface area contributed by atoms with Crippen LogP contribution >= 0.6 is 0 Å². The van der Waals surface area contributed by atoms with E-state index in [9.17, 15) is 4.91 Å². The molecule has 0 aromatic rings. The van der Waals surface area contributed by atoms with Crippen LogP contribution in [0, 0.1) is 10.8 Å². The fourth-order valence-electron chi connectivity index (χ4n) is 1.14. The third-order valence-electron chi connectivity index (χ3n) is 1.87. The smallest absolute Gasteiger partial charge is 0.103 e. The van der Waals surface area contributed by atoms with E-state index < -0.39 is 0 Å². The number of nitrogens with zero attached hydrogens (tertiary/aromatic N) is 2. The van der Waals surface area contributed by atoms with Crippen LogP contribution in [0.15, 0.2) is 34.1 Å². The van der Waals surface area contributed by atoms with Crippen molar-refractivity contribution >= 4 is 6.21 Å². The predicted molar refractivity (Wildman–Crippen MR) is 50.2 cm³/mol. The first-order chi connectivity index (χ1) is 5.86. The molecule has 0 N–H and O–H groups in total. The Kier molecular flexibility index (Phi) is 3.38. The van der Waals surface area contributed by atoms with Gasteiger partial charge in [-0.25, -0.2) is 0 Å². The van der Waals surface area contributed by atoms with Crippen LogP contribution in [0.25, 0.3) is 0 Å². The standard InChI is InChI=1S/C9H12N2O/c1-10-7-6-8-2-4-9(11-12)5-3-8/h2,4-5,7-8H,3,6H2,1H3. The number of nitroso groups, excluding NO2 is 1. The van der Waals surface area contributed by atoms with Gasteiger partial charge in [-0.1, -0.05) is 12.2 Å². The lowest BCUT2D eigenvalue weighted by atomic mass is 9.97. The van der Waals surface area contributed by atoms with Crippen molar-refractivity contribution in [2.24, 2.45) is 16.1 Å². The van der Waals surface area contributed by atoms with Gasteiger partial charge in [-0.15, -0.1) is 4.91 Å². The van der Waals surface area contributed by atoms with Gasteiger partial charge in [0.25, 0.3) is 0 Å². The first-order valence-electron chi connectivity index (χ1n) is 3.99. The molecule has 1 aliphatic carbocycles. The van der Waals surface area contributed by atoms with Crippen LogP contribution in [0.2, 0.25) is 0 Å². The van der Waals surface area contributed by atoms with Gasteiger partial charge in [0.15, 0.2) is 0 Å². The molecule has 3 nitrogen and oxygen atoms in total. The summed E-state index contributed by atoms with van der Waals surface area (Å²) < 4.78 is 0. The summed E-state index contributed by atoms with van der Waals surface area (Å²) in [5.41, 5.74) is 0.541. The Morgan fingerprint density at radius 1 is 1.75 bits per heavy atom. The summed E-state index contributed by atoms with van der Waals surface area (Å²) in [7, 11) is 1.76. The molecule has 0 aromatic heterocycles. The minimum atomic E-state index is 0.485. The first kappa shape index (κ1) is 8.84. The second-order valence-electron chi connectivity index (χ2n) is 2.75. The zero-order valence-corrected chi connectivity index (χ0v) is 7.10. The quantitative estimate of drug-likeness (QED) is 0.466. The molecule has 0 amide bonds. The molecule has 0 saturated heterocycles. The van der Waals surface area contributed by atoms with E-state index >= 15 is 0 Å². The molecule has 1 aliphatic rings. The highest BCUT2D eigenvalue weighted by molar-refractivity contribution is 5.57. The summed E-state index contributed by atoms with van der Waals surface area (Å²) in [6, 6.07) is 0. The Bertz CT molecular complexity index is 241. The number of aliphatic imine (C=N–C) groups is 1. The monoisotopic (exact) mass is 164 g/mol. The van der Waals surface area contributed by atoms with Gasteiger partial charge in [-0.3, -0.25) is 0 Å². The minimum absolute atomic E-state index is 0.485. The van der Waals surface area contributed by atoms with Gasteiger partial charge < -0.3 is 4.99 Å². The van der Waals surface area contributed by atoms with E-state index in [1.165, 1.54) is 0 Å². The zero-order chi connectivity index (χ0) is 8.81. The lowest BCUT2D eigenvalue weighted by Gasteiger charge is -2.09. The number of rotatable bonds is 3. The molecule has 0 fully saturated rings. The molecule has 0 spiro atoms. The van der Waals surface area contributed by atoms with Gasteiger partial charge in [0.05, 0.1) is 0 Å². The zero-order valence-electron chi connectivity index (χ0n) is 7.10. The summed E-state index contributed by atoms with van der Waals surface area (Å²) in [5.74, 6) is 0.485. The van der Waals surface area contributed by atoms with Crippen LogP contribution in [-0.2, 0) is 0 Å². The summed E-state index contributed by atoms with van der Waals surface area (Å²) in [6.07, 6.45) is 9.37. The normalized spacial score (nSPS) is 22.8. The highest BCUT2D eigenvalue weighted by Crippen LogP contribution is 2.18. The summed E-state index contributed by atoms with van der Waals surface area (Å²) in [6.45, 7) is 0. The first-order valence-corrected chi connectivity index (χ1v) is 3.99. The van der Waals surface area contributed by atoms with E-state index in [-0.39, 0.29) is 0 Å². The third-order valence-corrected chi connectivity index (χ3v) is 1.87. The van der Waals surface area contributed by atoms with Crippen molar-refractivity contribution in [2.75, 3.05) is 7.05 Å². The minimum Gasteiger partial charge on any atom is -0.301 e. The molecule has 1 unspecified atom stereocenters. The third kappa shape index (κ3) is 2.42. The molecular weight excluding hydrogens is 152 g/mol. The van der Waals surface area contributed by atoms with E-state index in [2.05, 4.69) is 10.2 Å². The maximum atomic E-state index is 10.1. The largest absolute Gasteiger partial charge is 0.301 e. The molecule has 0 saturated carbocycles. The second-order valence-corrected chi connectivity index (χ2v) is 2.75. The van der Waals surface area contributed by atoms with E-state index in [0.29, 0.717) is 11.6 Å². The number of hydrogen-bond donors (Lipinski definition) is 0. The Morgan fingerprint density at radius 2 is 2.58 bits per heavy atom. The molecule has 12 heavy (non-hydrogen) atoms. The lowest BCUT2D eigenvalue weighted by Crippen LogP contribution is -1.99. The van der Waals surface area contributed by atoms with Crippen LogP contribution in [0.1, 0.15) is 12.8 Å². The Hall–Kier alpha value is -1.25. The Balaban J connectivity index is 2.42. The molecular formula is C9H12N2O. The maximum absolute atomic E-state index is 10.1. The average molecular weight is 164 g/mol. The van der Waals surface area contributed by atoms with Crippen LogP contribution in [0.5, 0.6) is 0 Å². The van der Waals surface area contributed by atoms with E-state index in [1.54, 1.807) is 13.1 Å². The molecule has 0 aliphatic heterocycles. The van der Waals surface area contributed by atoms with Crippen molar-refractivity contribution in [1.29, 1.82) is 0 Å². The fourth-order valence-corrected chi connectivity index (χ4v) is 1.14. The Morgan fingerprint density at radius 3 is 3.08 bits per heavy atom. The molecule has 3 heteroatoms. The fraction of sp³-hybridized carbons (Fsp3) is 0.444. The topological polar surface area (TPSA) is 41.8 Å². The van der Waals surface area contributed by atoms with Crippen molar-refractivity contribution in [3.8, 4) is 0 Å². The van der Waals surface area contributed by atoms with Gasteiger partial charge in [-0.2, -0.15) is 0 Å². The van der Waals surface area contributed by atoms with Gasteiger partial charge in [0.1, 0.15) is 5.70 Å². The highest BCUT2D eigenvalue weighted by atomic mass is 16.3. The highest BCUT2D eigenvalue weighted by Gasteiger charge is 2.06. The molecule has 0 bridgehead atoms. The van der Waals surface area contributed by atoms with Crippen molar-refractivity contribution in [2.45, 2.75) is 12.8 Å². The van der Waals surface area contributed by atoms with Crippen LogP contribution in [-0.4, -0.2) is 13.3 Å². The van der Waals surface area contributed by atoms with Gasteiger partial charge in [0, 0.05) is 7.05 Å². The van der Waals surface area contributed by atoms with Crippen molar-refractivity contribution in [3.05, 3.63) is 28.8 Å². The van der Waals surface area contributed by atoms with E-state index in [4.69, 9.17) is 0 Å². The SMILES string of the molecule is CN=CCC1C=CC(N=O)=CC1. The summed E-state index contributed by atoms with van der Waals surface area (Å²) in [5, 5.41) is 2.85. The number of allylic oxidation sites excluding steroid dienone is 3. The Labute approximate surface area is 71.9 Å². The molecule has 0 heterocycles. The molecule has 1 atom stereocenters. The average Bonchev–Trinajstić information content (AvgIpc) is 2.15. The van der Waals surface area contributed by atoms with Crippen molar-refractivity contribution in [3.63, 3.8) is 0 Å². The molecule has 64 valence electrons. The van der Waals surface area contributed by atoms with Crippen LogP contribution < -0.4 is 0 Å². The molecule has 0 radical (unpaired) electrons. The predicted octanol–water partition coefficient (Wildman–Crippen LogP) is 2.30. The second kappa shape index (κ2) is 4.59. The number of hydrogen-bond acceptors (Lipinski definition) is 3. The van der Waals surface area contributed by atoms with Crippen molar-refractivity contribution in [1.82, 2.24) is 0 Å². The van der Waals surface area contributed by atoms with Gasteiger partial charge in [0.2, 0.25) is 0 Å². The van der Waals surface area contributed by atoms with Crippen molar-refractivity contribution < 1.29 is 0 Å². The molecule has 0 aromatic carbocycles. The molecule has 1 rings (SSSR count). The van der Waals surface area contributed by atoms with Gasteiger partial charge >= 0.3 is 0 Å². The van der Waals surface area contributed by atoms with E-state index in [1.807, 2.05) is 18.4 Å². The van der Waals surface area contributed by atoms with Crippen LogP contribution in [0.4, 0.5) is 0 Å². The van der Waals surface area contributed by atoms with Gasteiger partial charge in [-0.05, 0) is 36.2 Å².